The fourth-order valence-corrected chi connectivity index (χ4v) is 8.20. The Bertz CT molecular complexity index is 3210. The number of benzene rings is 7. The minimum absolute atomic E-state index is 0. The summed E-state index contributed by atoms with van der Waals surface area (Å²) < 4.78 is 28.7. The fraction of sp³-hybridized carbons (Fsp3) is 0.172. The molecule has 63 heavy (non-hydrogen) atoms. The molecule has 316 valence electrons. The van der Waals surface area contributed by atoms with Gasteiger partial charge in [0, 0.05) is 42.6 Å². The van der Waals surface area contributed by atoms with Crippen LogP contribution in [0, 0.1) is 19.8 Å². The number of aryl methyl sites for hydroxylation is 2. The number of phenolic OH excluding ortho intramolecular Hbond substituents is 1. The van der Waals surface area contributed by atoms with Crippen LogP contribution in [0.5, 0.6) is 5.75 Å². The second-order valence-electron chi connectivity index (χ2n) is 18.3. The number of aromatic hydroxyl groups is 1. The van der Waals surface area contributed by atoms with Gasteiger partial charge >= 0.3 is 0 Å². The summed E-state index contributed by atoms with van der Waals surface area (Å²) in [5.41, 5.74) is 14.7. The molecule has 0 unspecified atom stereocenters. The Morgan fingerprint density at radius 1 is 0.571 bits per heavy atom. The van der Waals surface area contributed by atoms with Crippen LogP contribution in [0.3, 0.4) is 0 Å². The first-order valence-corrected chi connectivity index (χ1v) is 21.2. The Morgan fingerprint density at radius 2 is 1.22 bits per heavy atom. The van der Waals surface area contributed by atoms with Crippen LogP contribution in [-0.4, -0.2) is 19.6 Å². The monoisotopic (exact) mass is 1000 g/mol. The third-order valence-electron chi connectivity index (χ3n) is 11.8. The van der Waals surface area contributed by atoms with Crippen LogP contribution in [-0.2, 0) is 31.9 Å². The number of imidazole rings is 1. The number of fused-ring (bicyclic) bond motifs is 1. The Kier molecular flexibility index (Phi) is 10.7. The molecule has 0 saturated heterocycles. The summed E-state index contributed by atoms with van der Waals surface area (Å²) in [4.78, 5) is 10.3. The van der Waals surface area contributed by atoms with Gasteiger partial charge in [0.05, 0.1) is 22.3 Å². The number of para-hydroxylation sites is 2. The summed E-state index contributed by atoms with van der Waals surface area (Å²) in [6.07, 6.45) is 1.85. The van der Waals surface area contributed by atoms with Crippen LogP contribution >= 0.6 is 0 Å². The molecule has 0 amide bonds. The molecule has 0 fully saturated rings. The third-order valence-corrected chi connectivity index (χ3v) is 11.8. The number of hydrogen-bond acceptors (Lipinski definition) is 3. The van der Waals surface area contributed by atoms with Crippen LogP contribution < -0.4 is 0 Å². The van der Waals surface area contributed by atoms with Gasteiger partial charge in [-0.1, -0.05) is 167 Å². The van der Waals surface area contributed by atoms with E-state index in [1.54, 1.807) is 18.2 Å². The number of pyridine rings is 1. The zero-order valence-electron chi connectivity index (χ0n) is 39.7. The molecule has 5 heteroatoms. The number of phenols is 1. The van der Waals surface area contributed by atoms with Crippen molar-refractivity contribution >= 4 is 11.0 Å². The molecule has 1 N–H and O–H groups in total. The third kappa shape index (κ3) is 8.58. The predicted octanol–water partition coefficient (Wildman–Crippen LogP) is 15.1. The minimum atomic E-state index is -2.46. The Morgan fingerprint density at radius 3 is 1.92 bits per heavy atom. The fourth-order valence-electron chi connectivity index (χ4n) is 8.20. The van der Waals surface area contributed by atoms with Crippen molar-refractivity contribution < 1.29 is 30.3 Å². The second-order valence-corrected chi connectivity index (χ2v) is 18.3. The molecule has 0 atom stereocenters. The minimum Gasteiger partial charge on any atom is -0.507 e. The maximum atomic E-state index is 11.6. The normalized spacial score (nSPS) is 12.7. The smallest absolute Gasteiger partial charge is 0.148 e. The molecule has 0 saturated carbocycles. The van der Waals surface area contributed by atoms with Gasteiger partial charge in [-0.15, -0.1) is 29.3 Å². The van der Waals surface area contributed by atoms with Crippen LogP contribution in [0.2, 0.25) is 0 Å². The van der Waals surface area contributed by atoms with Crippen molar-refractivity contribution in [3.05, 3.63) is 192 Å². The van der Waals surface area contributed by atoms with Gasteiger partial charge < -0.3 is 5.11 Å². The first-order valence-electron chi connectivity index (χ1n) is 22.7. The van der Waals surface area contributed by atoms with Gasteiger partial charge in [0.15, 0.2) is 0 Å². The van der Waals surface area contributed by atoms with Crippen molar-refractivity contribution in [2.45, 2.75) is 66.1 Å². The molecule has 7 aromatic carbocycles. The molecule has 2 heterocycles. The van der Waals surface area contributed by atoms with Crippen LogP contribution in [0.25, 0.3) is 83.9 Å². The van der Waals surface area contributed by atoms with E-state index < -0.39 is 6.85 Å². The molecule has 0 bridgehead atoms. The summed E-state index contributed by atoms with van der Waals surface area (Å²) in [5.74, 6) is 0.531. The number of hydrogen-bond donors (Lipinski definition) is 1. The second kappa shape index (κ2) is 17.1. The van der Waals surface area contributed by atoms with Crippen LogP contribution in [0.1, 0.15) is 67.9 Å². The van der Waals surface area contributed by atoms with Gasteiger partial charge in [-0.3, -0.25) is 9.55 Å². The van der Waals surface area contributed by atoms with Crippen molar-refractivity contribution in [3.8, 4) is 78.6 Å². The largest absolute Gasteiger partial charge is 0.507 e. The molecule has 0 radical (unpaired) electrons. The summed E-state index contributed by atoms with van der Waals surface area (Å²) >= 11 is 0. The molecule has 0 aliphatic carbocycles. The summed E-state index contributed by atoms with van der Waals surface area (Å²) in [6.45, 7) is 12.8. The average molecular weight is 1010 g/mol. The maximum Gasteiger partial charge on any atom is 0.148 e. The summed E-state index contributed by atoms with van der Waals surface area (Å²) in [6, 6.07) is 56.1. The molecule has 9 rings (SSSR count). The van der Waals surface area contributed by atoms with E-state index >= 15 is 0 Å². The first-order chi connectivity index (χ1) is 30.9. The Balaban J connectivity index is 0.00000592. The van der Waals surface area contributed by atoms with Gasteiger partial charge in [-0.25, -0.2) is 4.98 Å². The van der Waals surface area contributed by atoms with Crippen molar-refractivity contribution in [3.63, 3.8) is 0 Å². The summed E-state index contributed by atoms with van der Waals surface area (Å²) in [7, 11) is 0. The molecule has 0 spiro atoms. The molecule has 4 nitrogen and oxygen atoms in total. The molecule has 0 aliphatic heterocycles. The number of aromatic nitrogens is 3. The van der Waals surface area contributed by atoms with Gasteiger partial charge in [-0.05, 0) is 99.9 Å². The summed E-state index contributed by atoms with van der Waals surface area (Å²) in [5, 5.41) is 11.6. The molecule has 9 aromatic rings. The number of rotatable bonds is 7. The van der Waals surface area contributed by atoms with Crippen LogP contribution in [0.4, 0.5) is 0 Å². The molecule has 0 aliphatic rings. The zero-order chi connectivity index (χ0) is 45.8. The van der Waals surface area contributed by atoms with E-state index in [0.717, 1.165) is 61.3 Å². The topological polar surface area (TPSA) is 50.9 Å². The first kappa shape index (κ1) is 39.5. The zero-order valence-corrected chi connectivity index (χ0v) is 39.0. The van der Waals surface area contributed by atoms with Gasteiger partial charge in [0.2, 0.25) is 0 Å². The quantitative estimate of drug-likeness (QED) is 0.162. The van der Waals surface area contributed by atoms with E-state index in [4.69, 9.17) is 14.1 Å². The van der Waals surface area contributed by atoms with E-state index in [1.807, 2.05) is 77.5 Å². The molecular weight excluding hydrogens is 950 g/mol. The van der Waals surface area contributed by atoms with E-state index in [-0.39, 0.29) is 43.2 Å². The standard InChI is InChI=1S/C58H52N3O.Pt/c1-37-21-23-39(24-22-37)42-29-30-59-51(35-42)44-32-43(33-46(34-44)58(6,7)8)47-18-14-19-52-55(47)60-56(48-17-12-13-20-54(48)62)61(52)53-31-38(2)49(40-15-10-9-11-16-40)36-50(53)41-25-27-45(28-26-41)57(3,4)5;/h9-31,33-36,62H,1-8H3;/q-1;/i2D3;. The maximum absolute atomic E-state index is 11.6. The van der Waals surface area contributed by atoms with Crippen molar-refractivity contribution in [1.29, 1.82) is 0 Å². The Labute approximate surface area is 390 Å². The van der Waals surface area contributed by atoms with Gasteiger partial charge in [0.1, 0.15) is 11.6 Å². The Hall–Kier alpha value is -6.35. The van der Waals surface area contributed by atoms with Crippen molar-refractivity contribution in [1.82, 2.24) is 14.5 Å². The number of nitrogens with zero attached hydrogens (tertiary/aromatic N) is 3. The van der Waals surface area contributed by atoms with E-state index in [9.17, 15) is 5.11 Å². The van der Waals surface area contributed by atoms with Gasteiger partial charge in [-0.2, -0.15) is 0 Å². The average Bonchev–Trinajstić information content (AvgIpc) is 3.68. The van der Waals surface area contributed by atoms with Crippen molar-refractivity contribution in [2.24, 2.45) is 0 Å². The van der Waals surface area contributed by atoms with E-state index in [2.05, 4.69) is 127 Å². The molecule has 2 aromatic heterocycles. The van der Waals surface area contributed by atoms with E-state index in [0.29, 0.717) is 28.2 Å². The predicted molar refractivity (Wildman–Crippen MR) is 259 cm³/mol. The molecular formula is C58H52N3OPt-. The van der Waals surface area contributed by atoms with Gasteiger partial charge in [0.25, 0.3) is 0 Å². The van der Waals surface area contributed by atoms with Crippen molar-refractivity contribution in [2.75, 3.05) is 0 Å². The SMILES string of the molecule is [2H]C([2H])([2H])c1cc(-n2c(-c3ccccc3O)nc3c(-c4[c-]c(-c5cc(-c6ccc(C)cc6)ccn5)cc(C(C)(C)C)c4)cccc32)c(-c2ccc(C(C)(C)C)cc2)cc1-c1ccccc1.[Pt]. The van der Waals surface area contributed by atoms with E-state index in [1.165, 1.54) is 11.1 Å². The van der Waals surface area contributed by atoms with Crippen LogP contribution in [0.15, 0.2) is 164 Å².